The lowest BCUT2D eigenvalue weighted by molar-refractivity contribution is -0.383. The fourth-order valence-corrected chi connectivity index (χ4v) is 5.80. The van der Waals surface area contributed by atoms with Gasteiger partial charge in [0, 0.05) is 28.4 Å². The van der Waals surface area contributed by atoms with Crippen LogP contribution in [0.4, 0.5) is 11.4 Å². The number of carbonyl (C=O) groups excluding carboxylic acids is 1. The normalized spacial score (nSPS) is 15.2. The van der Waals surface area contributed by atoms with E-state index in [0.29, 0.717) is 17.6 Å². The lowest BCUT2D eigenvalue weighted by atomic mass is 9.88. The van der Waals surface area contributed by atoms with Gasteiger partial charge in [0.05, 0.1) is 10.7 Å². The van der Waals surface area contributed by atoms with Crippen molar-refractivity contribution < 1.29 is 9.72 Å². The monoisotopic (exact) mass is 469 g/mol. The minimum atomic E-state index is -0.516. The standard InChI is InChI=1S/C22H23N5O3S2/c1-3-10-26-21(16-12-31-19-11-14(2)8-9-15(16)19)24-25-22(26)32-13-20(28)23-17-6-4-5-7-18(17)27(29)30/h3-7,12,14H,1,8-11,13H2,2H3,(H,23,28). The molecule has 0 aliphatic heterocycles. The molecule has 0 fully saturated rings. The molecule has 0 bridgehead atoms. The van der Waals surface area contributed by atoms with Gasteiger partial charge in [0.25, 0.3) is 5.69 Å². The molecule has 32 heavy (non-hydrogen) atoms. The van der Waals surface area contributed by atoms with Crippen LogP contribution < -0.4 is 5.32 Å². The molecular weight excluding hydrogens is 446 g/mol. The maximum Gasteiger partial charge on any atom is 0.292 e. The quantitative estimate of drug-likeness (QED) is 0.217. The Morgan fingerprint density at radius 3 is 3.03 bits per heavy atom. The summed E-state index contributed by atoms with van der Waals surface area (Å²) in [5.41, 5.74) is 2.51. The zero-order chi connectivity index (χ0) is 22.7. The van der Waals surface area contributed by atoms with E-state index in [2.05, 4.69) is 34.4 Å². The Morgan fingerprint density at radius 1 is 1.44 bits per heavy atom. The van der Waals surface area contributed by atoms with Gasteiger partial charge in [-0.2, -0.15) is 0 Å². The second-order valence-corrected chi connectivity index (χ2v) is 9.62. The summed E-state index contributed by atoms with van der Waals surface area (Å²) in [4.78, 5) is 24.5. The number of thioether (sulfide) groups is 1. The van der Waals surface area contributed by atoms with Gasteiger partial charge in [-0.05, 0) is 36.8 Å². The highest BCUT2D eigenvalue weighted by atomic mass is 32.2. The van der Waals surface area contributed by atoms with Crippen molar-refractivity contribution in [2.45, 2.75) is 37.9 Å². The zero-order valence-corrected chi connectivity index (χ0v) is 19.2. The average Bonchev–Trinajstić information content (AvgIpc) is 3.36. The van der Waals surface area contributed by atoms with Gasteiger partial charge in [0.2, 0.25) is 5.91 Å². The van der Waals surface area contributed by atoms with Crippen molar-refractivity contribution in [3.63, 3.8) is 0 Å². The molecule has 4 rings (SSSR count). The topological polar surface area (TPSA) is 103 Å². The molecule has 1 unspecified atom stereocenters. The maximum absolute atomic E-state index is 12.5. The Hall–Kier alpha value is -2.98. The largest absolute Gasteiger partial charge is 0.320 e. The van der Waals surface area contributed by atoms with E-state index in [1.54, 1.807) is 29.5 Å². The number of rotatable bonds is 8. The van der Waals surface area contributed by atoms with E-state index in [9.17, 15) is 14.9 Å². The number of anilines is 1. The molecule has 3 aromatic rings. The van der Waals surface area contributed by atoms with Crippen molar-refractivity contribution in [2.75, 3.05) is 11.1 Å². The third-order valence-electron chi connectivity index (χ3n) is 5.38. The van der Waals surface area contributed by atoms with Gasteiger partial charge >= 0.3 is 0 Å². The predicted octanol–water partition coefficient (Wildman–Crippen LogP) is 4.96. The number of amides is 1. The highest BCUT2D eigenvalue weighted by Crippen LogP contribution is 2.38. The van der Waals surface area contributed by atoms with Gasteiger partial charge in [-0.15, -0.1) is 28.1 Å². The second kappa shape index (κ2) is 9.66. The minimum absolute atomic E-state index is 0.0561. The van der Waals surface area contributed by atoms with Gasteiger partial charge in [-0.3, -0.25) is 19.5 Å². The fourth-order valence-electron chi connectivity index (χ4n) is 3.81. The van der Waals surface area contributed by atoms with Gasteiger partial charge < -0.3 is 5.32 Å². The molecule has 0 radical (unpaired) electrons. The molecule has 1 amide bonds. The molecule has 1 aliphatic rings. The Bertz CT molecular complexity index is 1170. The number of carbonyl (C=O) groups is 1. The van der Waals surface area contributed by atoms with Crippen molar-refractivity contribution in [3.8, 4) is 11.4 Å². The van der Waals surface area contributed by atoms with Gasteiger partial charge in [0.1, 0.15) is 5.69 Å². The van der Waals surface area contributed by atoms with E-state index in [4.69, 9.17) is 0 Å². The number of hydrogen-bond acceptors (Lipinski definition) is 7. The highest BCUT2D eigenvalue weighted by Gasteiger charge is 2.24. The first-order valence-corrected chi connectivity index (χ1v) is 12.1. The van der Waals surface area contributed by atoms with Crippen LogP contribution in [0, 0.1) is 16.0 Å². The summed E-state index contributed by atoms with van der Waals surface area (Å²) in [5, 5.41) is 25.3. The van der Waals surface area contributed by atoms with E-state index >= 15 is 0 Å². The van der Waals surface area contributed by atoms with E-state index in [1.807, 2.05) is 4.57 Å². The fraction of sp³-hybridized carbons (Fsp3) is 0.318. The summed E-state index contributed by atoms with van der Waals surface area (Å²) in [6, 6.07) is 6.08. The minimum Gasteiger partial charge on any atom is -0.320 e. The number of nitrogens with one attached hydrogen (secondary N) is 1. The second-order valence-electron chi connectivity index (χ2n) is 7.72. The number of fused-ring (bicyclic) bond motifs is 1. The van der Waals surface area contributed by atoms with Crippen molar-refractivity contribution in [3.05, 3.63) is 62.9 Å². The molecule has 0 spiro atoms. The number of aromatic nitrogens is 3. The van der Waals surface area contributed by atoms with Gasteiger partial charge in [0.15, 0.2) is 11.0 Å². The SMILES string of the molecule is C=CCn1c(SCC(=O)Nc2ccccc2[N+](=O)[O-])nnc1-c1csc2c1CCC(C)C2. The Morgan fingerprint density at radius 2 is 2.25 bits per heavy atom. The lowest BCUT2D eigenvalue weighted by Crippen LogP contribution is -2.15. The molecule has 2 aromatic heterocycles. The van der Waals surface area contributed by atoms with Crippen molar-refractivity contribution >= 4 is 40.4 Å². The number of hydrogen-bond donors (Lipinski definition) is 1. The summed E-state index contributed by atoms with van der Waals surface area (Å²) in [7, 11) is 0. The number of allylic oxidation sites excluding steroid dienone is 1. The molecule has 2 heterocycles. The molecule has 0 saturated carbocycles. The number of thiophene rings is 1. The molecular formula is C22H23N5O3S2. The number of benzene rings is 1. The Balaban J connectivity index is 1.51. The molecule has 10 heteroatoms. The van der Waals surface area contributed by atoms with Crippen LogP contribution in [0.5, 0.6) is 0 Å². The molecule has 8 nitrogen and oxygen atoms in total. The molecule has 166 valence electrons. The van der Waals surface area contributed by atoms with Crippen LogP contribution in [-0.2, 0) is 24.2 Å². The molecule has 0 saturated heterocycles. The first-order valence-electron chi connectivity index (χ1n) is 10.3. The molecule has 1 aromatic carbocycles. The first-order chi connectivity index (χ1) is 15.5. The summed E-state index contributed by atoms with van der Waals surface area (Å²) in [6.07, 6.45) is 5.09. The van der Waals surface area contributed by atoms with Crippen LogP contribution in [0.1, 0.15) is 23.8 Å². The van der Waals surface area contributed by atoms with Crippen LogP contribution in [-0.4, -0.2) is 31.3 Å². The zero-order valence-electron chi connectivity index (χ0n) is 17.6. The summed E-state index contributed by atoms with van der Waals surface area (Å²) in [6.45, 7) is 6.66. The number of nitro groups is 1. The number of para-hydroxylation sites is 2. The van der Waals surface area contributed by atoms with Crippen LogP contribution in [0.3, 0.4) is 0 Å². The molecule has 1 atom stereocenters. The van der Waals surface area contributed by atoms with Crippen LogP contribution >= 0.6 is 23.1 Å². The summed E-state index contributed by atoms with van der Waals surface area (Å²) in [5.74, 6) is 1.20. The maximum atomic E-state index is 12.5. The summed E-state index contributed by atoms with van der Waals surface area (Å²) >= 11 is 3.02. The highest BCUT2D eigenvalue weighted by molar-refractivity contribution is 7.99. The third kappa shape index (κ3) is 4.61. The third-order valence-corrected chi connectivity index (χ3v) is 7.40. The van der Waals surface area contributed by atoms with Crippen LogP contribution in [0.25, 0.3) is 11.4 Å². The number of nitro benzene ring substituents is 1. The van der Waals surface area contributed by atoms with Crippen molar-refractivity contribution in [2.24, 2.45) is 5.92 Å². The van der Waals surface area contributed by atoms with E-state index < -0.39 is 4.92 Å². The smallest absolute Gasteiger partial charge is 0.292 e. The van der Waals surface area contributed by atoms with E-state index in [0.717, 1.165) is 24.2 Å². The molecule has 1 N–H and O–H groups in total. The van der Waals surface area contributed by atoms with Crippen molar-refractivity contribution in [1.82, 2.24) is 14.8 Å². The first kappa shape index (κ1) is 22.2. The summed E-state index contributed by atoms with van der Waals surface area (Å²) < 4.78 is 1.97. The van der Waals surface area contributed by atoms with Gasteiger partial charge in [-0.25, -0.2) is 0 Å². The number of nitrogens with zero attached hydrogens (tertiary/aromatic N) is 4. The molecule has 1 aliphatic carbocycles. The Kier molecular flexibility index (Phi) is 6.71. The average molecular weight is 470 g/mol. The van der Waals surface area contributed by atoms with Crippen LogP contribution in [0.15, 0.2) is 47.5 Å². The van der Waals surface area contributed by atoms with Gasteiger partial charge in [-0.1, -0.05) is 36.9 Å². The van der Waals surface area contributed by atoms with Crippen molar-refractivity contribution in [1.29, 1.82) is 0 Å². The van der Waals surface area contributed by atoms with E-state index in [1.165, 1.54) is 40.8 Å². The Labute approximate surface area is 193 Å². The van der Waals surface area contributed by atoms with Crippen LogP contribution in [0.2, 0.25) is 0 Å². The van der Waals surface area contributed by atoms with E-state index in [-0.39, 0.29) is 23.0 Å². The predicted molar refractivity (Wildman–Crippen MR) is 127 cm³/mol. The lowest BCUT2D eigenvalue weighted by Gasteiger charge is -2.19.